The van der Waals surface area contributed by atoms with E-state index in [1.54, 1.807) is 0 Å². The van der Waals surface area contributed by atoms with Crippen LogP contribution < -0.4 is 4.90 Å². The molecular formula is C17H15NO2S. The molecule has 0 unspecified atom stereocenters. The second-order valence-electron chi connectivity index (χ2n) is 4.81. The van der Waals surface area contributed by atoms with Crippen molar-refractivity contribution in [2.24, 2.45) is 0 Å². The Labute approximate surface area is 127 Å². The summed E-state index contributed by atoms with van der Waals surface area (Å²) in [5, 5.41) is 10.7. The van der Waals surface area contributed by atoms with E-state index >= 15 is 0 Å². The molecule has 0 bridgehead atoms. The molecule has 2 aromatic rings. The summed E-state index contributed by atoms with van der Waals surface area (Å²) in [6.45, 7) is 0.538. The minimum absolute atomic E-state index is 0.000565. The molecule has 0 spiro atoms. The zero-order valence-corrected chi connectivity index (χ0v) is 12.3. The van der Waals surface area contributed by atoms with Crippen LogP contribution in [0, 0.1) is 11.8 Å². The minimum atomic E-state index is -0.198. The largest absolute Gasteiger partial charge is 0.384 e. The third kappa shape index (κ3) is 2.71. The highest BCUT2D eigenvalue weighted by molar-refractivity contribution is 7.12. The van der Waals surface area contributed by atoms with E-state index in [-0.39, 0.29) is 12.5 Å². The number of carbonyl (C=O) groups is 1. The first-order valence-corrected chi connectivity index (χ1v) is 7.76. The number of anilines is 1. The van der Waals surface area contributed by atoms with E-state index in [0.717, 1.165) is 25.1 Å². The van der Waals surface area contributed by atoms with Crippen molar-refractivity contribution >= 4 is 22.9 Å². The molecule has 0 saturated carbocycles. The molecule has 0 saturated heterocycles. The van der Waals surface area contributed by atoms with Gasteiger partial charge in [0.2, 0.25) is 0 Å². The quantitative estimate of drug-likeness (QED) is 0.822. The zero-order chi connectivity index (χ0) is 14.7. The van der Waals surface area contributed by atoms with Crippen molar-refractivity contribution in [3.05, 3.63) is 51.7 Å². The number of hydrogen-bond donors (Lipinski definition) is 1. The third-order valence-corrected chi connectivity index (χ3v) is 4.42. The van der Waals surface area contributed by atoms with Crippen LogP contribution in [0.4, 0.5) is 5.69 Å². The van der Waals surface area contributed by atoms with E-state index in [1.165, 1.54) is 16.9 Å². The lowest BCUT2D eigenvalue weighted by atomic mass is 10.0. The van der Waals surface area contributed by atoms with E-state index in [1.807, 2.05) is 34.5 Å². The van der Waals surface area contributed by atoms with Crippen LogP contribution in [0.25, 0.3) is 0 Å². The summed E-state index contributed by atoms with van der Waals surface area (Å²) in [5.41, 5.74) is 2.92. The summed E-state index contributed by atoms with van der Waals surface area (Å²) in [6, 6.07) is 9.88. The van der Waals surface area contributed by atoms with E-state index < -0.39 is 0 Å². The van der Waals surface area contributed by atoms with Gasteiger partial charge in [-0.25, -0.2) is 0 Å². The second kappa shape index (κ2) is 6.13. The first kappa shape index (κ1) is 13.9. The van der Waals surface area contributed by atoms with E-state index in [9.17, 15) is 4.79 Å². The average molecular weight is 297 g/mol. The monoisotopic (exact) mass is 297 g/mol. The number of rotatable bonds is 1. The van der Waals surface area contributed by atoms with Crippen LogP contribution >= 0.6 is 11.3 Å². The predicted octanol–water partition coefficient (Wildman–Crippen LogP) is 2.68. The van der Waals surface area contributed by atoms with Crippen molar-refractivity contribution in [1.29, 1.82) is 0 Å². The Morgan fingerprint density at radius 2 is 2.19 bits per heavy atom. The Hall–Kier alpha value is -2.09. The van der Waals surface area contributed by atoms with E-state index in [2.05, 4.69) is 17.9 Å². The summed E-state index contributed by atoms with van der Waals surface area (Å²) in [6.07, 6.45) is 1.99. The van der Waals surface area contributed by atoms with Crippen molar-refractivity contribution in [3.8, 4) is 11.8 Å². The normalized spacial score (nSPS) is 13.3. The number of aryl methyl sites for hydroxylation is 1. The number of nitrogens with zero attached hydrogens (tertiary/aromatic N) is 1. The lowest BCUT2D eigenvalue weighted by molar-refractivity contribution is 0.0989. The van der Waals surface area contributed by atoms with Gasteiger partial charge < -0.3 is 10.0 Å². The maximum atomic E-state index is 12.8. The molecule has 3 nitrogen and oxygen atoms in total. The molecule has 0 fully saturated rings. The first-order valence-electron chi connectivity index (χ1n) is 6.88. The van der Waals surface area contributed by atoms with Crippen molar-refractivity contribution in [2.75, 3.05) is 18.1 Å². The van der Waals surface area contributed by atoms with Crippen molar-refractivity contribution in [2.45, 2.75) is 12.8 Å². The number of benzene rings is 1. The number of carbonyl (C=O) groups excluding carboxylic acids is 1. The van der Waals surface area contributed by atoms with Gasteiger partial charge in [0.05, 0.1) is 0 Å². The summed E-state index contributed by atoms with van der Waals surface area (Å²) in [7, 11) is 0. The molecule has 1 N–H and O–H groups in total. The van der Waals surface area contributed by atoms with Gasteiger partial charge in [-0.3, -0.25) is 4.79 Å². The highest BCUT2D eigenvalue weighted by Crippen LogP contribution is 2.29. The highest BCUT2D eigenvalue weighted by atomic mass is 32.1. The summed E-state index contributed by atoms with van der Waals surface area (Å²) < 4.78 is 0. The number of hydrogen-bond acceptors (Lipinski definition) is 3. The fraction of sp³-hybridized carbons (Fsp3) is 0.235. The molecule has 4 heteroatoms. The summed E-state index contributed by atoms with van der Waals surface area (Å²) in [5.74, 6) is 5.46. The molecule has 1 aliphatic heterocycles. The summed E-state index contributed by atoms with van der Waals surface area (Å²) in [4.78, 5) is 15.3. The van der Waals surface area contributed by atoms with Crippen LogP contribution in [0.5, 0.6) is 0 Å². The van der Waals surface area contributed by atoms with E-state index in [0.29, 0.717) is 10.4 Å². The van der Waals surface area contributed by atoms with Crippen LogP contribution in [0.3, 0.4) is 0 Å². The van der Waals surface area contributed by atoms with Gasteiger partial charge in [-0.1, -0.05) is 30.0 Å². The third-order valence-electron chi connectivity index (χ3n) is 3.52. The number of aliphatic hydroxyl groups is 1. The maximum Gasteiger partial charge on any atom is 0.269 e. The van der Waals surface area contributed by atoms with Crippen molar-refractivity contribution in [1.82, 2.24) is 0 Å². The molecule has 1 aromatic carbocycles. The molecule has 2 heterocycles. The number of aliphatic hydroxyl groups excluding tert-OH is 1. The molecule has 1 aliphatic rings. The smallest absolute Gasteiger partial charge is 0.269 e. The minimum Gasteiger partial charge on any atom is -0.384 e. The number of fused-ring (bicyclic) bond motifs is 1. The van der Waals surface area contributed by atoms with Gasteiger partial charge in [-0.05, 0) is 35.9 Å². The van der Waals surface area contributed by atoms with Crippen molar-refractivity contribution < 1.29 is 9.90 Å². The maximum absolute atomic E-state index is 12.8. The number of thiophene rings is 1. The van der Waals surface area contributed by atoms with Crippen LogP contribution in [0.15, 0.2) is 35.7 Å². The Bertz CT molecular complexity index is 724. The van der Waals surface area contributed by atoms with Gasteiger partial charge in [0.1, 0.15) is 11.5 Å². The zero-order valence-electron chi connectivity index (χ0n) is 11.5. The highest BCUT2D eigenvalue weighted by Gasteiger charge is 2.25. The van der Waals surface area contributed by atoms with Crippen LogP contribution in [-0.4, -0.2) is 24.2 Å². The predicted molar refractivity (Wildman–Crippen MR) is 84.7 cm³/mol. The molecule has 0 radical (unpaired) electrons. The second-order valence-corrected chi connectivity index (χ2v) is 5.73. The Morgan fingerprint density at radius 1 is 1.33 bits per heavy atom. The van der Waals surface area contributed by atoms with Crippen LogP contribution in [-0.2, 0) is 6.42 Å². The molecule has 3 rings (SSSR count). The molecule has 1 amide bonds. The number of para-hydroxylation sites is 1. The Kier molecular flexibility index (Phi) is 4.05. The van der Waals surface area contributed by atoms with Gasteiger partial charge in [0.15, 0.2) is 0 Å². The fourth-order valence-corrected chi connectivity index (χ4v) is 3.37. The van der Waals surface area contributed by atoms with Crippen molar-refractivity contribution in [3.63, 3.8) is 0 Å². The summed E-state index contributed by atoms with van der Waals surface area (Å²) >= 11 is 1.40. The molecule has 21 heavy (non-hydrogen) atoms. The molecule has 0 aliphatic carbocycles. The standard InChI is InChI=1S/C17H15NO2S/c19-11-4-7-14-9-12-21-16(14)17(20)18-10-3-6-13-5-1-2-8-15(13)18/h1-2,5,8-9,12,19H,3,6,10-11H2. The Balaban J connectivity index is 1.95. The molecular weight excluding hydrogens is 282 g/mol. The number of amides is 1. The SMILES string of the molecule is O=C(c1sccc1C#CCO)N1CCCc2ccccc21. The van der Waals surface area contributed by atoms with Gasteiger partial charge in [0, 0.05) is 17.8 Å². The van der Waals surface area contributed by atoms with Gasteiger partial charge in [-0.15, -0.1) is 11.3 Å². The van der Waals surface area contributed by atoms with E-state index in [4.69, 9.17) is 5.11 Å². The Morgan fingerprint density at radius 3 is 3.05 bits per heavy atom. The lowest BCUT2D eigenvalue weighted by Crippen LogP contribution is -2.35. The lowest BCUT2D eigenvalue weighted by Gasteiger charge is -2.29. The molecule has 106 valence electrons. The topological polar surface area (TPSA) is 40.5 Å². The van der Waals surface area contributed by atoms with Gasteiger partial charge in [-0.2, -0.15) is 0 Å². The first-order chi connectivity index (χ1) is 10.3. The fourth-order valence-electron chi connectivity index (χ4n) is 2.58. The van der Waals surface area contributed by atoms with Crippen LogP contribution in [0.1, 0.15) is 27.2 Å². The molecule has 1 aromatic heterocycles. The molecule has 0 atom stereocenters. The van der Waals surface area contributed by atoms with Gasteiger partial charge in [0.25, 0.3) is 5.91 Å². The van der Waals surface area contributed by atoms with Gasteiger partial charge >= 0.3 is 0 Å². The average Bonchev–Trinajstić information content (AvgIpc) is 3.00. The van der Waals surface area contributed by atoms with Crippen LogP contribution in [0.2, 0.25) is 0 Å².